The van der Waals surface area contributed by atoms with Gasteiger partial charge in [-0.15, -0.1) is 0 Å². The lowest BCUT2D eigenvalue weighted by Gasteiger charge is -2.25. The van der Waals surface area contributed by atoms with Crippen molar-refractivity contribution in [3.8, 4) is 45.7 Å². The van der Waals surface area contributed by atoms with Crippen LogP contribution in [0.5, 0.6) is 11.5 Å². The van der Waals surface area contributed by atoms with Gasteiger partial charge in [-0.25, -0.2) is 15.0 Å². The Kier molecular flexibility index (Phi) is 12.7. The van der Waals surface area contributed by atoms with E-state index in [1.165, 1.54) is 38.2 Å². The summed E-state index contributed by atoms with van der Waals surface area (Å²) >= 11 is 0. The SMILES string of the molecule is CCCCCCCCCC(C(C)O)C(C)C(=O)Oc1ccc(-c2nc(-c3ccc(C)cc3C)nc(-c3ccc(C)cc3C)n2)c(O)c1. The lowest BCUT2D eigenvalue weighted by Crippen LogP contribution is -2.32. The number of hydrogen-bond acceptors (Lipinski definition) is 7. The predicted molar refractivity (Wildman–Crippen MR) is 189 cm³/mol. The molecule has 3 aromatic carbocycles. The first-order chi connectivity index (χ1) is 22.5. The second kappa shape index (κ2) is 16.6. The molecule has 0 aliphatic heterocycles. The normalized spacial score (nSPS) is 13.3. The van der Waals surface area contributed by atoms with Gasteiger partial charge in [0.15, 0.2) is 17.5 Å². The monoisotopic (exact) mass is 637 g/mol. The molecular weight excluding hydrogens is 586 g/mol. The Bertz CT molecular complexity index is 1600. The van der Waals surface area contributed by atoms with Crippen LogP contribution in [0.15, 0.2) is 54.6 Å². The number of carbonyl (C=O) groups is 1. The van der Waals surface area contributed by atoms with E-state index in [-0.39, 0.29) is 17.4 Å². The van der Waals surface area contributed by atoms with Crippen LogP contribution in [0.3, 0.4) is 0 Å². The summed E-state index contributed by atoms with van der Waals surface area (Å²) in [6.45, 7) is 13.9. The molecule has 2 N–H and O–H groups in total. The second-order valence-corrected chi connectivity index (χ2v) is 13.1. The van der Waals surface area contributed by atoms with Crippen LogP contribution in [0, 0.1) is 39.5 Å². The third-order valence-corrected chi connectivity index (χ3v) is 9.08. The fourth-order valence-corrected chi connectivity index (χ4v) is 6.26. The van der Waals surface area contributed by atoms with Gasteiger partial charge in [0.25, 0.3) is 0 Å². The molecular formula is C40H51N3O4. The number of esters is 1. The number of phenols is 1. The molecule has 250 valence electrons. The van der Waals surface area contributed by atoms with E-state index in [2.05, 4.69) is 19.1 Å². The number of aromatic nitrogens is 3. The van der Waals surface area contributed by atoms with Gasteiger partial charge in [-0.2, -0.15) is 0 Å². The van der Waals surface area contributed by atoms with Crippen molar-refractivity contribution in [2.24, 2.45) is 11.8 Å². The summed E-state index contributed by atoms with van der Waals surface area (Å²) in [5.74, 6) is 0.319. The van der Waals surface area contributed by atoms with Crippen molar-refractivity contribution in [3.63, 3.8) is 0 Å². The van der Waals surface area contributed by atoms with Crippen molar-refractivity contribution in [1.82, 2.24) is 15.0 Å². The first-order valence-electron chi connectivity index (χ1n) is 17.1. The van der Waals surface area contributed by atoms with Crippen molar-refractivity contribution in [3.05, 3.63) is 76.9 Å². The molecule has 0 bridgehead atoms. The van der Waals surface area contributed by atoms with Crippen LogP contribution in [0.4, 0.5) is 0 Å². The molecule has 4 rings (SSSR count). The van der Waals surface area contributed by atoms with Crippen LogP contribution in [-0.2, 0) is 4.79 Å². The highest BCUT2D eigenvalue weighted by Crippen LogP contribution is 2.35. The zero-order valence-electron chi connectivity index (χ0n) is 29.1. The van der Waals surface area contributed by atoms with Crippen LogP contribution >= 0.6 is 0 Å². The first-order valence-corrected chi connectivity index (χ1v) is 17.1. The van der Waals surface area contributed by atoms with Gasteiger partial charge in [-0.3, -0.25) is 4.79 Å². The molecule has 1 aromatic heterocycles. The van der Waals surface area contributed by atoms with Gasteiger partial charge in [0.05, 0.1) is 17.6 Å². The molecule has 0 aliphatic carbocycles. The summed E-state index contributed by atoms with van der Waals surface area (Å²) in [4.78, 5) is 27.7. The Balaban J connectivity index is 1.57. The smallest absolute Gasteiger partial charge is 0.314 e. The van der Waals surface area contributed by atoms with E-state index < -0.39 is 18.0 Å². The molecule has 0 radical (unpaired) electrons. The third kappa shape index (κ3) is 9.48. The van der Waals surface area contributed by atoms with Crippen molar-refractivity contribution >= 4 is 5.97 Å². The molecule has 7 nitrogen and oxygen atoms in total. The van der Waals surface area contributed by atoms with Crippen LogP contribution in [-0.4, -0.2) is 37.2 Å². The van der Waals surface area contributed by atoms with Crippen molar-refractivity contribution in [2.45, 2.75) is 106 Å². The zero-order valence-corrected chi connectivity index (χ0v) is 29.1. The molecule has 0 aliphatic rings. The highest BCUT2D eigenvalue weighted by atomic mass is 16.5. The first kappa shape index (κ1) is 35.7. The molecule has 3 atom stereocenters. The summed E-state index contributed by atoms with van der Waals surface area (Å²) in [5, 5.41) is 21.7. The lowest BCUT2D eigenvalue weighted by atomic mass is 9.85. The predicted octanol–water partition coefficient (Wildman–Crippen LogP) is 9.49. The summed E-state index contributed by atoms with van der Waals surface area (Å²) in [5.41, 5.74) is 6.53. The number of rotatable bonds is 15. The van der Waals surface area contributed by atoms with E-state index in [1.807, 2.05) is 58.9 Å². The molecule has 47 heavy (non-hydrogen) atoms. The van der Waals surface area contributed by atoms with Gasteiger partial charge in [-0.1, -0.05) is 106 Å². The minimum atomic E-state index is -0.630. The number of nitrogens with zero attached hydrogens (tertiary/aromatic N) is 3. The largest absolute Gasteiger partial charge is 0.507 e. The number of hydrogen-bond donors (Lipinski definition) is 2. The van der Waals surface area contributed by atoms with Crippen molar-refractivity contribution < 1.29 is 19.7 Å². The van der Waals surface area contributed by atoms with Crippen molar-refractivity contribution in [1.29, 1.82) is 0 Å². The second-order valence-electron chi connectivity index (χ2n) is 13.1. The van der Waals surface area contributed by atoms with E-state index >= 15 is 0 Å². The number of aryl methyl sites for hydroxylation is 4. The standard InChI is InChI=1S/C40H51N3O4/c1-8-9-10-11-12-13-14-15-34(30(7)44)29(6)40(46)47-31-18-21-35(36(45)24-31)39-42-37(32-19-16-25(2)22-27(32)4)41-38(43-39)33-20-17-26(3)23-28(33)5/h16-24,29-30,34,44-45H,8-15H2,1-7H3. The number of phenolic OH excluding ortho intramolecular Hbond substituents is 1. The third-order valence-electron chi connectivity index (χ3n) is 9.08. The number of unbranched alkanes of at least 4 members (excludes halogenated alkanes) is 6. The minimum absolute atomic E-state index is 0.109. The van der Waals surface area contributed by atoms with Crippen LogP contribution in [0.1, 0.15) is 94.4 Å². The van der Waals surface area contributed by atoms with E-state index in [9.17, 15) is 15.0 Å². The fourth-order valence-electron chi connectivity index (χ4n) is 6.26. The van der Waals surface area contributed by atoms with E-state index in [1.54, 1.807) is 19.1 Å². The maximum atomic E-state index is 13.2. The number of benzene rings is 3. The van der Waals surface area contributed by atoms with Gasteiger partial charge >= 0.3 is 5.97 Å². The van der Waals surface area contributed by atoms with Gasteiger partial charge in [-0.05, 0) is 70.2 Å². The Morgan fingerprint density at radius 2 is 1.19 bits per heavy atom. The van der Waals surface area contributed by atoms with Crippen LogP contribution in [0.25, 0.3) is 34.2 Å². The number of aromatic hydroxyl groups is 1. The van der Waals surface area contributed by atoms with Crippen molar-refractivity contribution in [2.75, 3.05) is 0 Å². The highest BCUT2D eigenvalue weighted by Gasteiger charge is 2.29. The Labute approximate surface area is 280 Å². The molecule has 7 heteroatoms. The summed E-state index contributed by atoms with van der Waals surface area (Å²) < 4.78 is 5.73. The number of aliphatic hydroxyl groups excluding tert-OH is 1. The summed E-state index contributed by atoms with van der Waals surface area (Å²) in [6, 6.07) is 17.0. The zero-order chi connectivity index (χ0) is 34.1. The average Bonchev–Trinajstić information content (AvgIpc) is 3.01. The molecule has 1 heterocycles. The molecule has 0 saturated heterocycles. The molecule has 3 unspecified atom stereocenters. The van der Waals surface area contributed by atoms with Crippen LogP contribution in [0.2, 0.25) is 0 Å². The number of carbonyl (C=O) groups excluding carboxylic acids is 1. The van der Waals surface area contributed by atoms with Gasteiger partial charge < -0.3 is 14.9 Å². The molecule has 0 fully saturated rings. The Morgan fingerprint density at radius 1 is 0.702 bits per heavy atom. The summed E-state index contributed by atoms with van der Waals surface area (Å²) in [6.07, 6.45) is 8.36. The van der Waals surface area contributed by atoms with Gasteiger partial charge in [0.1, 0.15) is 11.5 Å². The summed E-state index contributed by atoms with van der Waals surface area (Å²) in [7, 11) is 0. The molecule has 0 amide bonds. The highest BCUT2D eigenvalue weighted by molar-refractivity contribution is 5.77. The maximum absolute atomic E-state index is 13.2. The molecule has 4 aromatic rings. The average molecular weight is 638 g/mol. The Hall–Kier alpha value is -4.10. The molecule has 0 spiro atoms. The molecule has 0 saturated carbocycles. The minimum Gasteiger partial charge on any atom is -0.507 e. The maximum Gasteiger partial charge on any atom is 0.314 e. The van der Waals surface area contributed by atoms with Gasteiger partial charge in [0, 0.05) is 17.2 Å². The van der Waals surface area contributed by atoms with Gasteiger partial charge in [0.2, 0.25) is 0 Å². The van der Waals surface area contributed by atoms with Crippen LogP contribution < -0.4 is 4.74 Å². The number of aliphatic hydroxyl groups is 1. The fraction of sp³-hybridized carbons (Fsp3) is 0.450. The topological polar surface area (TPSA) is 105 Å². The van der Waals surface area contributed by atoms with E-state index in [0.717, 1.165) is 52.6 Å². The van der Waals surface area contributed by atoms with E-state index in [4.69, 9.17) is 19.7 Å². The quantitative estimate of drug-likeness (QED) is 0.0760. The number of ether oxygens (including phenoxy) is 1. The Morgan fingerprint density at radius 3 is 1.68 bits per heavy atom. The van der Waals surface area contributed by atoms with E-state index in [0.29, 0.717) is 23.0 Å². The lowest BCUT2D eigenvalue weighted by molar-refractivity contribution is -0.141.